The van der Waals surface area contributed by atoms with Crippen LogP contribution in [0.1, 0.15) is 32.4 Å². The summed E-state index contributed by atoms with van der Waals surface area (Å²) in [7, 11) is 0. The maximum Gasteiger partial charge on any atom is 0.206 e. The van der Waals surface area contributed by atoms with Crippen molar-refractivity contribution in [3.63, 3.8) is 0 Å². The zero-order valence-corrected chi connectivity index (χ0v) is 10.6. The van der Waals surface area contributed by atoms with E-state index in [-0.39, 0.29) is 6.04 Å². The highest BCUT2D eigenvalue weighted by molar-refractivity contribution is 5.79. The van der Waals surface area contributed by atoms with Crippen LogP contribution in [-0.2, 0) is 0 Å². The number of guanidine groups is 1. The SMILES string of the molecule is CC(C)CN=C(NN)NC(C)c1ccncc1. The fourth-order valence-electron chi connectivity index (χ4n) is 1.35. The molecule has 5 nitrogen and oxygen atoms in total. The van der Waals surface area contributed by atoms with Gasteiger partial charge in [0.15, 0.2) is 0 Å². The monoisotopic (exact) mass is 235 g/mol. The summed E-state index contributed by atoms with van der Waals surface area (Å²) in [5.74, 6) is 6.55. The molecular weight excluding hydrogens is 214 g/mol. The van der Waals surface area contributed by atoms with E-state index in [9.17, 15) is 0 Å². The first-order valence-corrected chi connectivity index (χ1v) is 5.81. The second kappa shape index (κ2) is 6.85. The Hall–Kier alpha value is -1.62. The lowest BCUT2D eigenvalue weighted by atomic mass is 10.1. The maximum atomic E-state index is 5.43. The van der Waals surface area contributed by atoms with Gasteiger partial charge in [0.1, 0.15) is 0 Å². The molecule has 0 radical (unpaired) electrons. The zero-order chi connectivity index (χ0) is 12.7. The first kappa shape index (κ1) is 13.4. The number of hydrazine groups is 1. The Bertz CT molecular complexity index is 347. The molecule has 0 bridgehead atoms. The number of hydrogen-bond donors (Lipinski definition) is 3. The lowest BCUT2D eigenvalue weighted by molar-refractivity contribution is 0.642. The topological polar surface area (TPSA) is 75.3 Å². The van der Waals surface area contributed by atoms with Gasteiger partial charge in [-0.15, -0.1) is 0 Å². The molecule has 4 N–H and O–H groups in total. The third-order valence-electron chi connectivity index (χ3n) is 2.31. The maximum absolute atomic E-state index is 5.43. The Kier molecular flexibility index (Phi) is 5.42. The Balaban J connectivity index is 2.59. The summed E-state index contributed by atoms with van der Waals surface area (Å²) in [6.07, 6.45) is 3.54. The highest BCUT2D eigenvalue weighted by Gasteiger charge is 2.06. The molecule has 94 valence electrons. The highest BCUT2D eigenvalue weighted by atomic mass is 15.3. The van der Waals surface area contributed by atoms with Crippen LogP contribution in [-0.4, -0.2) is 17.5 Å². The van der Waals surface area contributed by atoms with Gasteiger partial charge in [-0.25, -0.2) is 5.84 Å². The van der Waals surface area contributed by atoms with E-state index in [1.165, 1.54) is 0 Å². The lowest BCUT2D eigenvalue weighted by Gasteiger charge is -2.17. The van der Waals surface area contributed by atoms with E-state index in [1.807, 2.05) is 12.1 Å². The molecule has 1 aromatic heterocycles. The molecule has 0 aliphatic rings. The molecule has 0 aromatic carbocycles. The molecule has 1 unspecified atom stereocenters. The number of nitrogens with two attached hydrogens (primary N) is 1. The van der Waals surface area contributed by atoms with Crippen molar-refractivity contribution in [1.82, 2.24) is 15.7 Å². The first-order chi connectivity index (χ1) is 8.13. The van der Waals surface area contributed by atoms with Gasteiger partial charge < -0.3 is 5.32 Å². The van der Waals surface area contributed by atoms with E-state index in [0.717, 1.165) is 12.1 Å². The third kappa shape index (κ3) is 4.82. The van der Waals surface area contributed by atoms with Crippen LogP contribution >= 0.6 is 0 Å². The van der Waals surface area contributed by atoms with Crippen molar-refractivity contribution in [2.24, 2.45) is 16.8 Å². The summed E-state index contributed by atoms with van der Waals surface area (Å²) in [6.45, 7) is 7.03. The number of hydrogen-bond acceptors (Lipinski definition) is 3. The summed E-state index contributed by atoms with van der Waals surface area (Å²) < 4.78 is 0. The van der Waals surface area contributed by atoms with E-state index in [1.54, 1.807) is 12.4 Å². The fraction of sp³-hybridized carbons (Fsp3) is 0.500. The molecule has 5 heteroatoms. The van der Waals surface area contributed by atoms with Crippen molar-refractivity contribution in [1.29, 1.82) is 0 Å². The number of rotatable bonds is 4. The minimum atomic E-state index is 0.139. The van der Waals surface area contributed by atoms with Crippen LogP contribution in [0.25, 0.3) is 0 Å². The van der Waals surface area contributed by atoms with Gasteiger partial charge in [0.2, 0.25) is 5.96 Å². The van der Waals surface area contributed by atoms with Gasteiger partial charge in [-0.05, 0) is 30.5 Å². The van der Waals surface area contributed by atoms with Gasteiger partial charge in [0.05, 0.1) is 6.04 Å². The summed E-state index contributed by atoms with van der Waals surface area (Å²) in [5, 5.41) is 3.22. The van der Waals surface area contributed by atoms with Crippen LogP contribution in [0.15, 0.2) is 29.5 Å². The standard InChI is InChI=1S/C12H21N5/c1-9(2)8-15-12(17-13)16-10(3)11-4-6-14-7-5-11/h4-7,9-10H,8,13H2,1-3H3,(H2,15,16,17). The second-order valence-electron chi connectivity index (χ2n) is 4.37. The largest absolute Gasteiger partial charge is 0.349 e. The van der Waals surface area contributed by atoms with Gasteiger partial charge in [-0.2, -0.15) is 0 Å². The smallest absolute Gasteiger partial charge is 0.206 e. The average Bonchev–Trinajstić information content (AvgIpc) is 2.35. The molecule has 0 aliphatic carbocycles. The van der Waals surface area contributed by atoms with Crippen molar-refractivity contribution in [2.75, 3.05) is 6.54 Å². The number of pyridine rings is 1. The van der Waals surface area contributed by atoms with Crippen LogP contribution in [0, 0.1) is 5.92 Å². The minimum Gasteiger partial charge on any atom is -0.349 e. The third-order valence-corrected chi connectivity index (χ3v) is 2.31. The van der Waals surface area contributed by atoms with Crippen LogP contribution in [0.3, 0.4) is 0 Å². The van der Waals surface area contributed by atoms with Gasteiger partial charge in [0, 0.05) is 18.9 Å². The predicted molar refractivity (Wildman–Crippen MR) is 70.3 cm³/mol. The molecule has 0 amide bonds. The zero-order valence-electron chi connectivity index (χ0n) is 10.6. The van der Waals surface area contributed by atoms with Gasteiger partial charge in [0.25, 0.3) is 0 Å². The number of aromatic nitrogens is 1. The molecule has 17 heavy (non-hydrogen) atoms. The second-order valence-corrected chi connectivity index (χ2v) is 4.37. The molecule has 1 rings (SSSR count). The Morgan fingerprint density at radius 3 is 2.53 bits per heavy atom. The Labute approximate surface area is 103 Å². The number of nitrogens with one attached hydrogen (secondary N) is 2. The van der Waals surface area contributed by atoms with E-state index >= 15 is 0 Å². The molecule has 1 heterocycles. The predicted octanol–water partition coefficient (Wildman–Crippen LogP) is 1.21. The summed E-state index contributed by atoms with van der Waals surface area (Å²) in [4.78, 5) is 8.35. The minimum absolute atomic E-state index is 0.139. The van der Waals surface area contributed by atoms with Crippen molar-refractivity contribution in [2.45, 2.75) is 26.8 Å². The van der Waals surface area contributed by atoms with Gasteiger partial charge >= 0.3 is 0 Å². The van der Waals surface area contributed by atoms with Crippen molar-refractivity contribution < 1.29 is 0 Å². The van der Waals surface area contributed by atoms with Crippen LogP contribution in [0.2, 0.25) is 0 Å². The quantitative estimate of drug-likeness (QED) is 0.317. The highest BCUT2D eigenvalue weighted by Crippen LogP contribution is 2.09. The summed E-state index contributed by atoms with van der Waals surface area (Å²) in [5.41, 5.74) is 3.73. The molecule has 0 fully saturated rings. The summed E-state index contributed by atoms with van der Waals surface area (Å²) >= 11 is 0. The Morgan fingerprint density at radius 1 is 1.35 bits per heavy atom. The molecular formula is C12H21N5. The molecule has 0 saturated heterocycles. The average molecular weight is 235 g/mol. The first-order valence-electron chi connectivity index (χ1n) is 5.81. The number of aliphatic imine (C=N–C) groups is 1. The molecule has 0 spiro atoms. The van der Waals surface area contributed by atoms with Crippen molar-refractivity contribution in [3.05, 3.63) is 30.1 Å². The van der Waals surface area contributed by atoms with Crippen LogP contribution in [0.5, 0.6) is 0 Å². The Morgan fingerprint density at radius 2 is 2.00 bits per heavy atom. The van der Waals surface area contributed by atoms with Crippen LogP contribution in [0.4, 0.5) is 0 Å². The number of nitrogens with zero attached hydrogens (tertiary/aromatic N) is 2. The lowest BCUT2D eigenvalue weighted by Crippen LogP contribution is -2.42. The van der Waals surface area contributed by atoms with E-state index in [2.05, 4.69) is 41.5 Å². The molecule has 0 saturated carbocycles. The molecule has 1 aromatic rings. The van der Waals surface area contributed by atoms with Gasteiger partial charge in [-0.1, -0.05) is 13.8 Å². The summed E-state index contributed by atoms with van der Waals surface area (Å²) in [6, 6.07) is 4.07. The van der Waals surface area contributed by atoms with Crippen molar-refractivity contribution >= 4 is 5.96 Å². The van der Waals surface area contributed by atoms with Gasteiger partial charge in [-0.3, -0.25) is 15.4 Å². The van der Waals surface area contributed by atoms with E-state index in [0.29, 0.717) is 11.9 Å². The molecule has 0 aliphatic heterocycles. The normalized spacial score (nSPS) is 13.6. The van der Waals surface area contributed by atoms with Crippen LogP contribution < -0.4 is 16.6 Å². The van der Waals surface area contributed by atoms with E-state index < -0.39 is 0 Å². The van der Waals surface area contributed by atoms with E-state index in [4.69, 9.17) is 5.84 Å². The fourth-order valence-corrected chi connectivity index (χ4v) is 1.35. The van der Waals surface area contributed by atoms with Crippen molar-refractivity contribution in [3.8, 4) is 0 Å². The molecule has 1 atom stereocenters.